The van der Waals surface area contributed by atoms with E-state index in [4.69, 9.17) is 5.73 Å². The van der Waals surface area contributed by atoms with Gasteiger partial charge in [-0.15, -0.1) is 0 Å². The lowest BCUT2D eigenvalue weighted by molar-refractivity contribution is -0.117. The fraction of sp³-hybridized carbons (Fsp3) is 0.500. The SMILES string of the molecule is CSc1nc(N)cc(NCC(F)(F)C(F)F)n1. The first kappa shape index (κ1) is 13.8. The topological polar surface area (TPSA) is 63.8 Å². The molecule has 1 heterocycles. The van der Waals surface area contributed by atoms with Gasteiger partial charge >= 0.3 is 12.3 Å². The number of rotatable bonds is 5. The number of aromatic nitrogens is 2. The zero-order chi connectivity index (χ0) is 13.1. The third-order valence-electron chi connectivity index (χ3n) is 1.73. The summed E-state index contributed by atoms with van der Waals surface area (Å²) in [6.07, 6.45) is -2.05. The van der Waals surface area contributed by atoms with Crippen LogP contribution in [0.1, 0.15) is 0 Å². The van der Waals surface area contributed by atoms with Gasteiger partial charge in [-0.05, 0) is 6.26 Å². The molecule has 3 N–H and O–H groups in total. The Balaban J connectivity index is 2.72. The zero-order valence-electron chi connectivity index (χ0n) is 8.75. The second kappa shape index (κ2) is 5.39. The van der Waals surface area contributed by atoms with Gasteiger partial charge in [0.2, 0.25) is 0 Å². The monoisotopic (exact) mass is 270 g/mol. The highest BCUT2D eigenvalue weighted by Crippen LogP contribution is 2.23. The summed E-state index contributed by atoms with van der Waals surface area (Å²) in [4.78, 5) is 7.58. The van der Waals surface area contributed by atoms with Crippen LogP contribution in [0.15, 0.2) is 11.2 Å². The Morgan fingerprint density at radius 2 is 2.12 bits per heavy atom. The molecule has 0 spiro atoms. The van der Waals surface area contributed by atoms with Gasteiger partial charge in [0.15, 0.2) is 5.16 Å². The molecule has 96 valence electrons. The Morgan fingerprint density at radius 1 is 1.47 bits per heavy atom. The van der Waals surface area contributed by atoms with Crippen molar-refractivity contribution in [1.82, 2.24) is 9.97 Å². The number of nitrogens with one attached hydrogen (secondary N) is 1. The van der Waals surface area contributed by atoms with Crippen molar-refractivity contribution in [3.05, 3.63) is 6.07 Å². The summed E-state index contributed by atoms with van der Waals surface area (Å²) in [5.74, 6) is -4.05. The van der Waals surface area contributed by atoms with Gasteiger partial charge < -0.3 is 11.1 Å². The Hall–Kier alpha value is -1.25. The number of hydrogen-bond donors (Lipinski definition) is 2. The normalized spacial score (nSPS) is 11.9. The maximum Gasteiger partial charge on any atom is 0.324 e. The smallest absolute Gasteiger partial charge is 0.324 e. The number of alkyl halides is 4. The molecule has 0 bridgehead atoms. The van der Waals surface area contributed by atoms with E-state index in [2.05, 4.69) is 15.3 Å². The van der Waals surface area contributed by atoms with Crippen LogP contribution in [0.5, 0.6) is 0 Å². The zero-order valence-corrected chi connectivity index (χ0v) is 9.57. The molecule has 0 aliphatic carbocycles. The summed E-state index contributed by atoms with van der Waals surface area (Å²) in [7, 11) is 0. The second-order valence-electron chi connectivity index (χ2n) is 3.08. The van der Waals surface area contributed by atoms with Gasteiger partial charge in [0, 0.05) is 6.07 Å². The highest BCUT2D eigenvalue weighted by Gasteiger charge is 2.40. The number of thioether (sulfide) groups is 1. The molecule has 0 aliphatic heterocycles. The largest absolute Gasteiger partial charge is 0.383 e. The molecule has 1 aromatic rings. The number of nitrogens with zero attached hydrogens (tertiary/aromatic N) is 2. The van der Waals surface area contributed by atoms with Crippen LogP contribution in [0.25, 0.3) is 0 Å². The van der Waals surface area contributed by atoms with Gasteiger partial charge in [0.1, 0.15) is 11.6 Å². The van der Waals surface area contributed by atoms with E-state index in [1.54, 1.807) is 6.26 Å². The highest BCUT2D eigenvalue weighted by molar-refractivity contribution is 7.98. The first-order valence-electron chi connectivity index (χ1n) is 4.43. The fourth-order valence-corrected chi connectivity index (χ4v) is 1.30. The summed E-state index contributed by atoms with van der Waals surface area (Å²) >= 11 is 1.16. The van der Waals surface area contributed by atoms with E-state index < -0.39 is 18.9 Å². The van der Waals surface area contributed by atoms with Crippen LogP contribution < -0.4 is 11.1 Å². The molecule has 4 nitrogen and oxygen atoms in total. The van der Waals surface area contributed by atoms with Gasteiger partial charge in [-0.25, -0.2) is 18.7 Å². The molecule has 0 aliphatic rings. The predicted octanol–water partition coefficient (Wildman–Crippen LogP) is 2.09. The van der Waals surface area contributed by atoms with Crippen molar-refractivity contribution in [3.63, 3.8) is 0 Å². The standard InChI is InChI=1S/C8H10F4N4S/c1-17-7-15-4(13)2-5(16-7)14-3-8(11,12)6(9)10/h2,6H,3H2,1H3,(H3,13,14,15,16). The summed E-state index contributed by atoms with van der Waals surface area (Å²) in [6, 6.07) is 1.20. The van der Waals surface area contributed by atoms with Crippen molar-refractivity contribution < 1.29 is 17.6 Å². The average molecular weight is 270 g/mol. The molecule has 0 saturated carbocycles. The number of nitrogen functional groups attached to an aromatic ring is 1. The Kier molecular flexibility index (Phi) is 4.38. The maximum atomic E-state index is 12.6. The summed E-state index contributed by atoms with van der Waals surface area (Å²) in [5.41, 5.74) is 5.39. The minimum absolute atomic E-state index is 0.0119. The molecule has 0 atom stereocenters. The van der Waals surface area contributed by atoms with Crippen LogP contribution in [0.4, 0.5) is 29.2 Å². The van der Waals surface area contributed by atoms with Gasteiger partial charge in [-0.2, -0.15) is 8.78 Å². The van der Waals surface area contributed by atoms with Crippen molar-refractivity contribution in [3.8, 4) is 0 Å². The summed E-state index contributed by atoms with van der Waals surface area (Å²) in [6.45, 7) is -1.21. The van der Waals surface area contributed by atoms with E-state index in [1.807, 2.05) is 0 Å². The van der Waals surface area contributed by atoms with Crippen molar-refractivity contribution >= 4 is 23.4 Å². The van der Waals surface area contributed by atoms with Crippen LogP contribution in [-0.2, 0) is 0 Å². The molecule has 1 aromatic heterocycles. The quantitative estimate of drug-likeness (QED) is 0.487. The predicted molar refractivity (Wildman–Crippen MR) is 57.7 cm³/mol. The molecule has 0 aromatic carbocycles. The van der Waals surface area contributed by atoms with Gasteiger partial charge in [-0.3, -0.25) is 0 Å². The van der Waals surface area contributed by atoms with Crippen LogP contribution in [0, 0.1) is 0 Å². The van der Waals surface area contributed by atoms with Crippen molar-refractivity contribution in [1.29, 1.82) is 0 Å². The molecular weight excluding hydrogens is 260 g/mol. The molecule has 0 fully saturated rings. The first-order chi connectivity index (χ1) is 7.85. The van der Waals surface area contributed by atoms with E-state index in [1.165, 1.54) is 6.07 Å². The summed E-state index contributed by atoms with van der Waals surface area (Å²) in [5, 5.41) is 2.38. The number of hydrogen-bond acceptors (Lipinski definition) is 5. The second-order valence-corrected chi connectivity index (χ2v) is 3.85. The minimum atomic E-state index is -4.11. The van der Waals surface area contributed by atoms with Gasteiger partial charge in [0.05, 0.1) is 6.54 Å². The highest BCUT2D eigenvalue weighted by atomic mass is 32.2. The fourth-order valence-electron chi connectivity index (χ4n) is 0.911. The molecule has 17 heavy (non-hydrogen) atoms. The molecule has 9 heteroatoms. The van der Waals surface area contributed by atoms with Crippen LogP contribution in [0.2, 0.25) is 0 Å². The lowest BCUT2D eigenvalue weighted by Crippen LogP contribution is -2.35. The third kappa shape index (κ3) is 3.91. The lowest BCUT2D eigenvalue weighted by Gasteiger charge is -2.16. The van der Waals surface area contributed by atoms with Crippen molar-refractivity contribution in [2.24, 2.45) is 0 Å². The van der Waals surface area contributed by atoms with Crippen molar-refractivity contribution in [2.45, 2.75) is 17.5 Å². The number of halogens is 4. The molecule has 0 unspecified atom stereocenters. The average Bonchev–Trinajstić information content (AvgIpc) is 2.25. The van der Waals surface area contributed by atoms with Crippen molar-refractivity contribution in [2.75, 3.05) is 23.9 Å². The van der Waals surface area contributed by atoms with Crippen LogP contribution >= 0.6 is 11.8 Å². The van der Waals surface area contributed by atoms with E-state index >= 15 is 0 Å². The Bertz CT molecular complexity index is 388. The Labute approximate surface area is 99.0 Å². The lowest BCUT2D eigenvalue weighted by atomic mass is 10.3. The van der Waals surface area contributed by atoms with E-state index in [0.717, 1.165) is 11.8 Å². The number of nitrogens with two attached hydrogens (primary N) is 1. The number of anilines is 2. The molecule has 1 rings (SSSR count). The van der Waals surface area contributed by atoms with Crippen LogP contribution in [-0.4, -0.2) is 35.1 Å². The van der Waals surface area contributed by atoms with E-state index in [0.29, 0.717) is 0 Å². The minimum Gasteiger partial charge on any atom is -0.383 e. The molecular formula is C8H10F4N4S. The maximum absolute atomic E-state index is 12.6. The van der Waals surface area contributed by atoms with Crippen LogP contribution in [0.3, 0.4) is 0 Å². The third-order valence-corrected chi connectivity index (χ3v) is 2.28. The molecule has 0 saturated heterocycles. The Morgan fingerprint density at radius 3 is 2.65 bits per heavy atom. The summed E-state index contributed by atoms with van der Waals surface area (Å²) < 4.78 is 49.0. The first-order valence-corrected chi connectivity index (χ1v) is 5.66. The van der Waals surface area contributed by atoms with E-state index in [9.17, 15) is 17.6 Å². The molecule has 0 amide bonds. The van der Waals surface area contributed by atoms with Gasteiger partial charge in [-0.1, -0.05) is 11.8 Å². The van der Waals surface area contributed by atoms with E-state index in [-0.39, 0.29) is 16.8 Å². The molecule has 0 radical (unpaired) electrons. The van der Waals surface area contributed by atoms with Gasteiger partial charge in [0.25, 0.3) is 0 Å².